The number of para-hydroxylation sites is 1. The van der Waals surface area contributed by atoms with E-state index in [-0.39, 0.29) is 18.2 Å². The lowest BCUT2D eigenvalue weighted by Crippen LogP contribution is -2.48. The number of nitrogens with zero attached hydrogens (tertiary/aromatic N) is 3. The number of nitrogens with one attached hydrogen (secondary N) is 1. The van der Waals surface area contributed by atoms with Crippen molar-refractivity contribution in [3.8, 4) is 5.75 Å². The first-order valence-electron chi connectivity index (χ1n) is 14.4. The van der Waals surface area contributed by atoms with E-state index in [1.165, 1.54) is 31.6 Å². The molecule has 1 aromatic carbocycles. The summed E-state index contributed by atoms with van der Waals surface area (Å²) < 4.78 is 50.5. The number of hydrogen-bond acceptors (Lipinski definition) is 13. The van der Waals surface area contributed by atoms with Crippen LogP contribution >= 0.6 is 7.75 Å². The molecule has 1 aliphatic heterocycles. The highest BCUT2D eigenvalue weighted by Crippen LogP contribution is 2.50. The van der Waals surface area contributed by atoms with E-state index in [1.54, 1.807) is 49.4 Å². The molecule has 45 heavy (non-hydrogen) atoms. The molecule has 1 saturated carbocycles. The van der Waals surface area contributed by atoms with Crippen molar-refractivity contribution < 1.29 is 46.9 Å². The van der Waals surface area contributed by atoms with E-state index < -0.39 is 62.2 Å². The van der Waals surface area contributed by atoms with Gasteiger partial charge in [-0.05, 0) is 56.9 Å². The highest BCUT2D eigenvalue weighted by Gasteiger charge is 2.58. The summed E-state index contributed by atoms with van der Waals surface area (Å²) in [5, 5.41) is 6.90. The lowest BCUT2D eigenvalue weighted by molar-refractivity contribution is -0.169. The molecule has 0 amide bonds. The molecule has 0 bridgehead atoms. The molecule has 242 valence electrons. The van der Waals surface area contributed by atoms with E-state index >= 15 is 0 Å². The SMILES string of the molecule is CC(=O)O[C@H]1[C@H](c2ccc3c(N)ncnn23)O[C@](C)(COP(=O)(N[C@@H](C)C(=O)OCC2CC2)Oc2ccccc2)[C@H]1OC(C)=O. The summed E-state index contributed by atoms with van der Waals surface area (Å²) in [6, 6.07) is 10.5. The van der Waals surface area contributed by atoms with Gasteiger partial charge >= 0.3 is 25.7 Å². The largest absolute Gasteiger partial charge is 0.464 e. The Morgan fingerprint density at radius 2 is 1.84 bits per heavy atom. The molecule has 15 nitrogen and oxygen atoms in total. The van der Waals surface area contributed by atoms with E-state index in [4.69, 9.17) is 33.7 Å². The Labute approximate surface area is 259 Å². The van der Waals surface area contributed by atoms with Crippen molar-refractivity contribution in [2.45, 2.75) is 70.5 Å². The minimum atomic E-state index is -4.33. The van der Waals surface area contributed by atoms with E-state index in [9.17, 15) is 18.9 Å². The third-order valence-corrected chi connectivity index (χ3v) is 8.97. The molecule has 3 N–H and O–H groups in total. The molecule has 0 spiro atoms. The van der Waals surface area contributed by atoms with E-state index in [0.717, 1.165) is 12.8 Å². The molecule has 0 radical (unpaired) electrons. The molecule has 1 saturated heterocycles. The maximum absolute atomic E-state index is 14.2. The monoisotopic (exact) mass is 645 g/mol. The quantitative estimate of drug-likeness (QED) is 0.156. The van der Waals surface area contributed by atoms with Crippen LogP contribution in [-0.4, -0.2) is 69.6 Å². The Balaban J connectivity index is 1.44. The number of hydrogen-bond donors (Lipinski definition) is 2. The summed E-state index contributed by atoms with van der Waals surface area (Å²) in [4.78, 5) is 41.2. The van der Waals surface area contributed by atoms with Crippen LogP contribution in [0.2, 0.25) is 0 Å². The fourth-order valence-electron chi connectivity index (χ4n) is 4.97. The van der Waals surface area contributed by atoms with Gasteiger partial charge < -0.3 is 29.2 Å². The number of anilines is 1. The van der Waals surface area contributed by atoms with Crippen LogP contribution < -0.4 is 15.3 Å². The second-order valence-corrected chi connectivity index (χ2v) is 12.9. The average Bonchev–Trinajstić information content (AvgIpc) is 3.66. The van der Waals surface area contributed by atoms with Gasteiger partial charge in [-0.2, -0.15) is 10.2 Å². The van der Waals surface area contributed by atoms with Gasteiger partial charge in [-0.3, -0.25) is 18.9 Å². The van der Waals surface area contributed by atoms with Crippen LogP contribution in [0, 0.1) is 5.92 Å². The van der Waals surface area contributed by atoms with Gasteiger partial charge in [0.25, 0.3) is 0 Å². The van der Waals surface area contributed by atoms with Gasteiger partial charge in [0, 0.05) is 13.8 Å². The summed E-state index contributed by atoms with van der Waals surface area (Å²) >= 11 is 0. The van der Waals surface area contributed by atoms with Gasteiger partial charge in [0.15, 0.2) is 18.0 Å². The number of nitrogens with two attached hydrogens (primary N) is 1. The predicted octanol–water partition coefficient (Wildman–Crippen LogP) is 3.14. The lowest BCUT2D eigenvalue weighted by Gasteiger charge is -2.32. The van der Waals surface area contributed by atoms with Crippen LogP contribution in [0.15, 0.2) is 48.8 Å². The zero-order valence-electron chi connectivity index (χ0n) is 25.3. The summed E-state index contributed by atoms with van der Waals surface area (Å²) in [6.07, 6.45) is -0.211. The maximum atomic E-state index is 14.2. The van der Waals surface area contributed by atoms with Crippen LogP contribution in [0.25, 0.3) is 5.52 Å². The molecule has 16 heteroatoms. The van der Waals surface area contributed by atoms with Crippen molar-refractivity contribution in [1.29, 1.82) is 0 Å². The maximum Gasteiger partial charge on any atom is 0.459 e. The first-order valence-corrected chi connectivity index (χ1v) is 16.0. The van der Waals surface area contributed by atoms with Crippen molar-refractivity contribution >= 4 is 37.0 Å². The topological polar surface area (TPSA) is 192 Å². The first-order chi connectivity index (χ1) is 21.4. The molecular formula is C29H36N5O10P. The van der Waals surface area contributed by atoms with Crippen molar-refractivity contribution in [3.63, 3.8) is 0 Å². The molecule has 3 aromatic rings. The number of fused-ring (bicyclic) bond motifs is 1. The Bertz CT molecular complexity index is 1600. The van der Waals surface area contributed by atoms with E-state index in [2.05, 4.69) is 15.2 Å². The minimum absolute atomic E-state index is 0.202. The summed E-state index contributed by atoms with van der Waals surface area (Å²) in [5.41, 5.74) is 5.34. The number of ether oxygens (including phenoxy) is 4. The van der Waals surface area contributed by atoms with E-state index in [0.29, 0.717) is 17.1 Å². The Morgan fingerprint density at radius 3 is 2.51 bits per heavy atom. The highest BCUT2D eigenvalue weighted by atomic mass is 31.2. The smallest absolute Gasteiger partial charge is 0.459 e. The van der Waals surface area contributed by atoms with Crippen molar-refractivity contribution in [2.75, 3.05) is 18.9 Å². The van der Waals surface area contributed by atoms with Gasteiger partial charge in [0.2, 0.25) is 0 Å². The molecule has 1 unspecified atom stereocenters. The Hall–Kier alpha value is -4.04. The van der Waals surface area contributed by atoms with Gasteiger partial charge in [0.05, 0.1) is 18.9 Å². The summed E-state index contributed by atoms with van der Waals surface area (Å²) in [5.74, 6) is -1.23. The van der Waals surface area contributed by atoms with Gasteiger partial charge in [0.1, 0.15) is 35.3 Å². The molecule has 3 heterocycles. The van der Waals surface area contributed by atoms with Crippen LogP contribution in [0.1, 0.15) is 52.3 Å². The van der Waals surface area contributed by atoms with Crippen molar-refractivity contribution in [1.82, 2.24) is 19.7 Å². The second-order valence-electron chi connectivity index (χ2n) is 11.3. The minimum Gasteiger partial charge on any atom is -0.464 e. The highest BCUT2D eigenvalue weighted by molar-refractivity contribution is 7.52. The van der Waals surface area contributed by atoms with Crippen LogP contribution in [0.5, 0.6) is 5.75 Å². The van der Waals surface area contributed by atoms with Crippen molar-refractivity contribution in [3.05, 3.63) is 54.5 Å². The molecule has 2 fully saturated rings. The summed E-state index contributed by atoms with van der Waals surface area (Å²) in [7, 11) is -4.33. The third kappa shape index (κ3) is 7.61. The molecule has 1 aliphatic carbocycles. The fraction of sp³-hybridized carbons (Fsp3) is 0.483. The standard InChI is InChI=1S/C29H36N5O10P/c1-17(28(37)39-14-20-10-11-20)33-45(38,44-21-8-6-5-7-9-21)40-15-29(4)26(42-19(3)36)25(41-18(2)35)24(43-29)22-12-13-23-27(30)31-16-32-34(22)23/h5-9,12-13,16-17,20,24-26H,10-11,14-15H2,1-4H3,(H,33,38)(H2,30,31,32)/t17-,24-,25-,26-,29+,45?/m0/s1. The lowest BCUT2D eigenvalue weighted by atomic mass is 9.96. The molecule has 5 rings (SSSR count). The van der Waals surface area contributed by atoms with Gasteiger partial charge in [-0.15, -0.1) is 0 Å². The Kier molecular flexibility index (Phi) is 9.44. The summed E-state index contributed by atoms with van der Waals surface area (Å²) in [6.45, 7) is 5.21. The zero-order valence-corrected chi connectivity index (χ0v) is 26.2. The zero-order chi connectivity index (χ0) is 32.4. The van der Waals surface area contributed by atoms with Crippen LogP contribution in [0.4, 0.5) is 5.82 Å². The Morgan fingerprint density at radius 1 is 1.13 bits per heavy atom. The predicted molar refractivity (Wildman–Crippen MR) is 158 cm³/mol. The van der Waals surface area contributed by atoms with Gasteiger partial charge in [-0.25, -0.2) is 14.1 Å². The molecule has 2 aromatic heterocycles. The van der Waals surface area contributed by atoms with Crippen molar-refractivity contribution in [2.24, 2.45) is 5.92 Å². The van der Waals surface area contributed by atoms with Gasteiger partial charge in [-0.1, -0.05) is 18.2 Å². The number of rotatable bonds is 13. The first kappa shape index (κ1) is 32.4. The number of carbonyl (C=O) groups excluding carboxylic acids is 3. The fourth-order valence-corrected chi connectivity index (χ4v) is 6.56. The number of benzene rings is 1. The molecule has 6 atom stereocenters. The van der Waals surface area contributed by atoms with Crippen LogP contribution in [-0.2, 0) is 42.4 Å². The van der Waals surface area contributed by atoms with E-state index in [1.807, 2.05) is 0 Å². The third-order valence-electron chi connectivity index (χ3n) is 7.35. The number of nitrogen functional groups attached to an aromatic ring is 1. The molecule has 2 aliphatic rings. The number of aromatic nitrogens is 3. The normalized spacial score (nSPS) is 24.8. The van der Waals surface area contributed by atoms with Crippen LogP contribution in [0.3, 0.4) is 0 Å². The molecular weight excluding hydrogens is 609 g/mol. The average molecular weight is 646 g/mol. The number of esters is 3. The second kappa shape index (κ2) is 13.1. The number of carbonyl (C=O) groups is 3.